The van der Waals surface area contributed by atoms with E-state index in [-0.39, 0.29) is 6.10 Å². The summed E-state index contributed by atoms with van der Waals surface area (Å²) in [5.74, 6) is 1.37. The molecule has 0 aliphatic carbocycles. The Balaban J connectivity index is 1.44. The van der Waals surface area contributed by atoms with Crippen molar-refractivity contribution in [3.8, 4) is 11.8 Å². The van der Waals surface area contributed by atoms with Gasteiger partial charge in [0.05, 0.1) is 17.7 Å². The van der Waals surface area contributed by atoms with E-state index in [4.69, 9.17) is 32.9 Å². The number of aromatic nitrogens is 1. The third-order valence-electron chi connectivity index (χ3n) is 5.93. The number of nitrogens with zero attached hydrogens (tertiary/aromatic N) is 3. The number of hydrogen-bond acceptors (Lipinski definition) is 5. The Labute approximate surface area is 208 Å². The smallest absolute Gasteiger partial charge is 0.147 e. The van der Waals surface area contributed by atoms with E-state index in [1.54, 1.807) is 0 Å². The zero-order valence-electron chi connectivity index (χ0n) is 18.3. The maximum atomic E-state index is 10.2. The molecule has 0 spiro atoms. The van der Waals surface area contributed by atoms with Gasteiger partial charge in [-0.2, -0.15) is 5.26 Å². The van der Waals surface area contributed by atoms with Crippen LogP contribution in [-0.4, -0.2) is 24.2 Å². The van der Waals surface area contributed by atoms with Crippen LogP contribution in [0.3, 0.4) is 0 Å². The van der Waals surface area contributed by atoms with Gasteiger partial charge in [0.15, 0.2) is 0 Å². The van der Waals surface area contributed by atoms with E-state index in [0.29, 0.717) is 34.5 Å². The van der Waals surface area contributed by atoms with Gasteiger partial charge < -0.3 is 15.0 Å². The zero-order valence-corrected chi connectivity index (χ0v) is 19.9. The molecule has 4 aromatic rings. The van der Waals surface area contributed by atoms with Gasteiger partial charge in [-0.3, -0.25) is 0 Å². The molecule has 1 unspecified atom stereocenters. The van der Waals surface area contributed by atoms with Crippen LogP contribution in [0.1, 0.15) is 17.5 Å². The highest BCUT2D eigenvalue weighted by Crippen LogP contribution is 2.36. The molecule has 3 aromatic carbocycles. The number of nitrogens with one attached hydrogen (secondary N) is 1. The minimum atomic E-state index is 0.0186. The Bertz CT molecular complexity index is 1350. The molecule has 1 saturated heterocycles. The highest BCUT2D eigenvalue weighted by molar-refractivity contribution is 6.30. The molecule has 5 rings (SSSR count). The number of rotatable bonds is 6. The number of anilines is 2. The molecule has 34 heavy (non-hydrogen) atoms. The fourth-order valence-electron chi connectivity index (χ4n) is 4.28. The summed E-state index contributed by atoms with van der Waals surface area (Å²) in [4.78, 5) is 7.01. The van der Waals surface area contributed by atoms with Crippen LogP contribution >= 0.6 is 23.2 Å². The number of para-hydroxylation sites is 1. The molecular weight excluding hydrogens is 467 g/mol. The van der Waals surface area contributed by atoms with E-state index in [9.17, 15) is 5.26 Å². The van der Waals surface area contributed by atoms with Crippen molar-refractivity contribution in [2.75, 3.05) is 23.3 Å². The van der Waals surface area contributed by atoms with Gasteiger partial charge >= 0.3 is 0 Å². The van der Waals surface area contributed by atoms with Crippen LogP contribution in [0.25, 0.3) is 10.9 Å². The number of nitriles is 1. The summed E-state index contributed by atoms with van der Waals surface area (Å²) in [6.07, 6.45) is 0.877. The predicted octanol–water partition coefficient (Wildman–Crippen LogP) is 6.68. The minimum absolute atomic E-state index is 0.0186. The van der Waals surface area contributed by atoms with E-state index >= 15 is 0 Å². The first kappa shape index (κ1) is 22.3. The van der Waals surface area contributed by atoms with Crippen molar-refractivity contribution < 1.29 is 4.74 Å². The number of pyridine rings is 1. The first-order chi connectivity index (χ1) is 16.6. The lowest BCUT2D eigenvalue weighted by molar-refractivity contribution is 0.225. The van der Waals surface area contributed by atoms with Crippen molar-refractivity contribution in [1.29, 1.82) is 5.26 Å². The summed E-state index contributed by atoms with van der Waals surface area (Å²) >= 11 is 12.0. The molecule has 1 aromatic heterocycles. The van der Waals surface area contributed by atoms with Gasteiger partial charge in [0.25, 0.3) is 0 Å². The zero-order chi connectivity index (χ0) is 23.5. The maximum Gasteiger partial charge on any atom is 0.147 e. The van der Waals surface area contributed by atoms with Crippen LogP contribution < -0.4 is 15.0 Å². The van der Waals surface area contributed by atoms with Gasteiger partial charge in [0.2, 0.25) is 0 Å². The average molecular weight is 489 g/mol. The molecule has 0 saturated carbocycles. The predicted molar refractivity (Wildman–Crippen MR) is 138 cm³/mol. The van der Waals surface area contributed by atoms with Gasteiger partial charge in [-0.1, -0.05) is 53.5 Å². The van der Waals surface area contributed by atoms with Gasteiger partial charge in [-0.15, -0.1) is 0 Å². The molecule has 1 fully saturated rings. The quantitative estimate of drug-likeness (QED) is 0.327. The Morgan fingerprint density at radius 3 is 2.44 bits per heavy atom. The van der Waals surface area contributed by atoms with Crippen LogP contribution in [0.4, 0.5) is 11.5 Å². The second kappa shape index (κ2) is 9.80. The number of halogens is 2. The fraction of sp³-hybridized carbons (Fsp3) is 0.185. The average Bonchev–Trinajstić information content (AvgIpc) is 3.32. The molecule has 1 aliphatic heterocycles. The Morgan fingerprint density at radius 1 is 1.00 bits per heavy atom. The van der Waals surface area contributed by atoms with Gasteiger partial charge in [-0.05, 0) is 48.0 Å². The normalized spacial score (nSPS) is 15.3. The largest absolute Gasteiger partial charge is 0.489 e. The summed E-state index contributed by atoms with van der Waals surface area (Å²) in [6, 6.07) is 25.4. The summed E-state index contributed by atoms with van der Waals surface area (Å²) in [7, 11) is 0. The Morgan fingerprint density at radius 2 is 1.71 bits per heavy atom. The van der Waals surface area contributed by atoms with Crippen molar-refractivity contribution in [3.05, 3.63) is 94.0 Å². The van der Waals surface area contributed by atoms with Crippen LogP contribution in [-0.2, 0) is 6.54 Å². The lowest BCUT2D eigenvalue weighted by Gasteiger charge is -2.23. The van der Waals surface area contributed by atoms with Crippen molar-refractivity contribution in [2.45, 2.75) is 19.1 Å². The topological polar surface area (TPSA) is 61.2 Å². The minimum Gasteiger partial charge on any atom is -0.489 e. The van der Waals surface area contributed by atoms with Crippen LogP contribution in [0.2, 0.25) is 10.0 Å². The van der Waals surface area contributed by atoms with E-state index in [2.05, 4.69) is 16.3 Å². The highest BCUT2D eigenvalue weighted by atomic mass is 35.5. The van der Waals surface area contributed by atoms with Gasteiger partial charge in [0.1, 0.15) is 29.3 Å². The second-order valence-corrected chi connectivity index (χ2v) is 9.09. The first-order valence-electron chi connectivity index (χ1n) is 11.1. The van der Waals surface area contributed by atoms with Crippen LogP contribution in [0.5, 0.6) is 5.75 Å². The highest BCUT2D eigenvalue weighted by Gasteiger charge is 2.29. The van der Waals surface area contributed by atoms with E-state index in [1.807, 2.05) is 72.8 Å². The molecule has 0 amide bonds. The number of benzene rings is 3. The molecule has 0 bridgehead atoms. The monoisotopic (exact) mass is 488 g/mol. The third kappa shape index (κ3) is 4.75. The van der Waals surface area contributed by atoms with Crippen LogP contribution in [0, 0.1) is 11.3 Å². The molecule has 170 valence electrons. The molecule has 0 radical (unpaired) electrons. The third-order valence-corrected chi connectivity index (χ3v) is 6.43. The number of fused-ring (bicyclic) bond motifs is 1. The number of hydrogen-bond donors (Lipinski definition) is 1. The standard InChI is InChI=1S/C27H22Cl2N4O/c28-19-7-5-18(6-8-19)16-31-27-24(15-30)26(23-3-1-2-4-25(23)32-27)33-14-13-22(17-33)34-21-11-9-20(29)10-12-21/h1-12,22H,13-14,16-17H2,(H,31,32). The molecule has 2 heterocycles. The number of ether oxygens (including phenoxy) is 1. The Kier molecular flexibility index (Phi) is 6.44. The molecule has 5 nitrogen and oxygen atoms in total. The molecule has 1 aliphatic rings. The fourth-order valence-corrected chi connectivity index (χ4v) is 4.53. The van der Waals surface area contributed by atoms with E-state index in [0.717, 1.165) is 40.9 Å². The van der Waals surface area contributed by atoms with Crippen molar-refractivity contribution in [3.63, 3.8) is 0 Å². The molecule has 1 N–H and O–H groups in total. The van der Waals surface area contributed by atoms with Crippen molar-refractivity contribution in [1.82, 2.24) is 4.98 Å². The molecule has 1 atom stereocenters. The van der Waals surface area contributed by atoms with Crippen molar-refractivity contribution in [2.24, 2.45) is 0 Å². The summed E-state index contributed by atoms with van der Waals surface area (Å²) in [5.41, 5.74) is 3.34. The van der Waals surface area contributed by atoms with Gasteiger partial charge in [-0.25, -0.2) is 4.98 Å². The lowest BCUT2D eigenvalue weighted by Crippen LogP contribution is -2.26. The summed E-state index contributed by atoms with van der Waals surface area (Å²) < 4.78 is 6.19. The van der Waals surface area contributed by atoms with Crippen LogP contribution in [0.15, 0.2) is 72.8 Å². The lowest BCUT2D eigenvalue weighted by atomic mass is 10.1. The Hall–Kier alpha value is -3.46. The van der Waals surface area contributed by atoms with E-state index < -0.39 is 0 Å². The van der Waals surface area contributed by atoms with E-state index in [1.165, 1.54) is 0 Å². The molecular formula is C27H22Cl2N4O. The summed E-state index contributed by atoms with van der Waals surface area (Å²) in [6.45, 7) is 2.01. The second-order valence-electron chi connectivity index (χ2n) is 8.22. The van der Waals surface area contributed by atoms with Crippen molar-refractivity contribution >= 4 is 45.6 Å². The maximum absolute atomic E-state index is 10.2. The van der Waals surface area contributed by atoms with Gasteiger partial charge in [0, 0.05) is 34.9 Å². The summed E-state index contributed by atoms with van der Waals surface area (Å²) in [5, 5.41) is 15.9. The SMILES string of the molecule is N#Cc1c(NCc2ccc(Cl)cc2)nc2ccccc2c1N1CCC(Oc2ccc(Cl)cc2)C1. The molecule has 7 heteroatoms. The first-order valence-corrected chi connectivity index (χ1v) is 11.8.